The van der Waals surface area contributed by atoms with Gasteiger partial charge in [0.2, 0.25) is 11.9 Å². The second-order valence-electron chi connectivity index (χ2n) is 5.42. The number of nitrogens with zero attached hydrogens (tertiary/aromatic N) is 3. The molecule has 2 amide bonds. The summed E-state index contributed by atoms with van der Waals surface area (Å²) in [6.45, 7) is 3.39. The van der Waals surface area contributed by atoms with Crippen LogP contribution in [0.25, 0.3) is 0 Å². The lowest BCUT2D eigenvalue weighted by Gasteiger charge is -2.05. The van der Waals surface area contributed by atoms with Crippen molar-refractivity contribution >= 4 is 23.5 Å². The number of carbonyl (C=O) groups is 2. The molecule has 7 nitrogen and oxygen atoms in total. The van der Waals surface area contributed by atoms with Gasteiger partial charge in [0.05, 0.1) is 0 Å². The second-order valence-corrected chi connectivity index (χ2v) is 5.42. The van der Waals surface area contributed by atoms with E-state index in [-0.39, 0.29) is 11.8 Å². The Balaban J connectivity index is 1.68. The summed E-state index contributed by atoms with van der Waals surface area (Å²) in [5.74, 6) is 1.07. The van der Waals surface area contributed by atoms with Crippen LogP contribution in [0, 0.1) is 0 Å². The van der Waals surface area contributed by atoms with Gasteiger partial charge in [0.15, 0.2) is 5.82 Å². The fraction of sp³-hybridized carbons (Fsp3) is 0.250. The van der Waals surface area contributed by atoms with Crippen LogP contribution in [0.3, 0.4) is 0 Å². The molecular formula is C16H17N5O2. The number of benzene rings is 1. The van der Waals surface area contributed by atoms with E-state index in [0.717, 1.165) is 18.7 Å². The molecule has 0 atom stereocenters. The number of nitrogens with one attached hydrogen (secondary N) is 2. The van der Waals surface area contributed by atoms with E-state index in [2.05, 4.69) is 27.3 Å². The van der Waals surface area contributed by atoms with Crippen LogP contribution < -0.4 is 10.6 Å². The molecule has 1 aromatic heterocycles. The minimum absolute atomic E-state index is 0.274. The minimum Gasteiger partial charge on any atom is -0.323 e. The quantitative estimate of drug-likeness (QED) is 0.827. The fourth-order valence-electron chi connectivity index (χ4n) is 2.10. The molecule has 0 bridgehead atoms. The second kappa shape index (κ2) is 6.04. The Morgan fingerprint density at radius 1 is 1.26 bits per heavy atom. The number of aryl methyl sites for hydroxylation is 1. The molecule has 1 heterocycles. The van der Waals surface area contributed by atoms with Crippen LogP contribution in [0.15, 0.2) is 36.9 Å². The average molecular weight is 311 g/mol. The lowest BCUT2D eigenvalue weighted by molar-refractivity contribution is -0.111. The van der Waals surface area contributed by atoms with Crippen molar-refractivity contribution in [3.05, 3.63) is 48.3 Å². The Morgan fingerprint density at radius 3 is 2.57 bits per heavy atom. The molecule has 3 rings (SSSR count). The topological polar surface area (TPSA) is 88.9 Å². The monoisotopic (exact) mass is 311 g/mol. The molecule has 2 aromatic rings. The van der Waals surface area contributed by atoms with Gasteiger partial charge in [0, 0.05) is 24.2 Å². The van der Waals surface area contributed by atoms with Crippen molar-refractivity contribution in [3.63, 3.8) is 0 Å². The predicted octanol–water partition coefficient (Wildman–Crippen LogP) is 2.07. The van der Waals surface area contributed by atoms with Crippen molar-refractivity contribution in [1.29, 1.82) is 0 Å². The highest BCUT2D eigenvalue weighted by molar-refractivity contribution is 6.04. The third-order valence-corrected chi connectivity index (χ3v) is 3.55. The highest BCUT2D eigenvalue weighted by Crippen LogP contribution is 2.38. The Hall–Kier alpha value is -2.96. The molecule has 1 saturated carbocycles. The maximum absolute atomic E-state index is 12.3. The van der Waals surface area contributed by atoms with E-state index in [1.54, 1.807) is 36.0 Å². The third-order valence-electron chi connectivity index (χ3n) is 3.55. The van der Waals surface area contributed by atoms with Gasteiger partial charge in [-0.2, -0.15) is 10.1 Å². The molecule has 1 aliphatic carbocycles. The summed E-state index contributed by atoms with van der Waals surface area (Å²) < 4.78 is 1.57. The maximum atomic E-state index is 12.3. The molecule has 0 unspecified atom stereocenters. The first-order valence-corrected chi connectivity index (χ1v) is 7.32. The van der Waals surface area contributed by atoms with E-state index in [4.69, 9.17) is 0 Å². The van der Waals surface area contributed by atoms with Crippen LogP contribution in [0.1, 0.15) is 34.9 Å². The van der Waals surface area contributed by atoms with E-state index in [1.165, 1.54) is 6.08 Å². The van der Waals surface area contributed by atoms with Crippen molar-refractivity contribution < 1.29 is 9.59 Å². The zero-order valence-corrected chi connectivity index (χ0v) is 12.7. The highest BCUT2D eigenvalue weighted by Gasteiger charge is 2.28. The molecule has 1 aliphatic rings. The first kappa shape index (κ1) is 15.0. The fourth-order valence-corrected chi connectivity index (χ4v) is 2.10. The summed E-state index contributed by atoms with van der Waals surface area (Å²) in [5, 5.41) is 9.68. The van der Waals surface area contributed by atoms with Gasteiger partial charge in [0.25, 0.3) is 5.91 Å². The largest absolute Gasteiger partial charge is 0.323 e. The highest BCUT2D eigenvalue weighted by atomic mass is 16.2. The molecule has 0 aliphatic heterocycles. The van der Waals surface area contributed by atoms with Gasteiger partial charge in [-0.1, -0.05) is 6.58 Å². The lowest BCUT2D eigenvalue weighted by atomic mass is 10.2. The van der Waals surface area contributed by atoms with E-state index in [9.17, 15) is 9.59 Å². The molecule has 118 valence electrons. The maximum Gasteiger partial charge on any atom is 0.258 e. The first-order valence-electron chi connectivity index (χ1n) is 7.32. The summed E-state index contributed by atoms with van der Waals surface area (Å²) in [7, 11) is 1.75. The lowest BCUT2D eigenvalue weighted by Crippen LogP contribution is -2.15. The Labute approximate surface area is 133 Å². The van der Waals surface area contributed by atoms with E-state index >= 15 is 0 Å². The number of amides is 2. The summed E-state index contributed by atoms with van der Waals surface area (Å²) in [6.07, 6.45) is 3.40. The molecule has 0 saturated heterocycles. The van der Waals surface area contributed by atoms with Gasteiger partial charge < -0.3 is 5.32 Å². The predicted molar refractivity (Wildman–Crippen MR) is 86.2 cm³/mol. The van der Waals surface area contributed by atoms with Crippen LogP contribution in [0.2, 0.25) is 0 Å². The molecule has 2 N–H and O–H groups in total. The van der Waals surface area contributed by atoms with Crippen LogP contribution in [0.4, 0.5) is 11.6 Å². The summed E-state index contributed by atoms with van der Waals surface area (Å²) >= 11 is 0. The van der Waals surface area contributed by atoms with Gasteiger partial charge in [-0.15, -0.1) is 0 Å². The van der Waals surface area contributed by atoms with Gasteiger partial charge in [-0.05, 0) is 43.2 Å². The number of aromatic nitrogens is 3. The number of hydrogen-bond acceptors (Lipinski definition) is 4. The number of carbonyl (C=O) groups excluding carboxylic acids is 2. The molecule has 23 heavy (non-hydrogen) atoms. The van der Waals surface area contributed by atoms with Gasteiger partial charge >= 0.3 is 0 Å². The number of hydrogen-bond donors (Lipinski definition) is 2. The zero-order chi connectivity index (χ0) is 16.4. The van der Waals surface area contributed by atoms with Crippen molar-refractivity contribution in [2.45, 2.75) is 18.8 Å². The van der Waals surface area contributed by atoms with Gasteiger partial charge in [-0.25, -0.2) is 4.68 Å². The van der Waals surface area contributed by atoms with Crippen molar-refractivity contribution in [1.82, 2.24) is 14.8 Å². The number of anilines is 2. The van der Waals surface area contributed by atoms with Crippen LogP contribution >= 0.6 is 0 Å². The van der Waals surface area contributed by atoms with Gasteiger partial charge in [-0.3, -0.25) is 14.9 Å². The molecule has 1 aromatic carbocycles. The smallest absolute Gasteiger partial charge is 0.258 e. The van der Waals surface area contributed by atoms with Crippen LogP contribution in [-0.4, -0.2) is 26.6 Å². The Kier molecular flexibility index (Phi) is 3.92. The van der Waals surface area contributed by atoms with Crippen molar-refractivity contribution in [2.75, 3.05) is 10.6 Å². The minimum atomic E-state index is -0.297. The Bertz CT molecular complexity index is 759. The van der Waals surface area contributed by atoms with Crippen molar-refractivity contribution in [3.8, 4) is 0 Å². The Morgan fingerprint density at radius 2 is 1.96 bits per heavy atom. The zero-order valence-electron chi connectivity index (χ0n) is 12.7. The molecule has 7 heteroatoms. The average Bonchev–Trinajstić information content (AvgIpc) is 3.33. The standard InChI is InChI=1S/C16H17N5O2/c1-3-13(22)17-12-8-6-11(7-9-12)15(23)19-16-18-14(10-4-5-10)20-21(16)2/h3,6-10H,1,4-5H2,2H3,(H,17,22)(H,18,19,20,23). The summed E-state index contributed by atoms with van der Waals surface area (Å²) in [6, 6.07) is 6.57. The van der Waals surface area contributed by atoms with Gasteiger partial charge in [0.1, 0.15) is 0 Å². The SMILES string of the molecule is C=CC(=O)Nc1ccc(C(=O)Nc2nc(C3CC3)nn2C)cc1. The number of rotatable bonds is 5. The van der Waals surface area contributed by atoms with E-state index < -0.39 is 0 Å². The van der Waals surface area contributed by atoms with E-state index in [1.807, 2.05) is 0 Å². The molecule has 0 radical (unpaired) electrons. The normalized spacial score (nSPS) is 13.4. The van der Waals surface area contributed by atoms with Crippen LogP contribution in [0.5, 0.6) is 0 Å². The summed E-state index contributed by atoms with van der Waals surface area (Å²) in [4.78, 5) is 27.8. The van der Waals surface area contributed by atoms with Crippen molar-refractivity contribution in [2.24, 2.45) is 7.05 Å². The molecule has 0 spiro atoms. The summed E-state index contributed by atoms with van der Waals surface area (Å²) in [5.41, 5.74) is 1.07. The molecular weight excluding hydrogens is 294 g/mol. The first-order chi connectivity index (χ1) is 11.1. The van der Waals surface area contributed by atoms with Crippen LogP contribution in [-0.2, 0) is 11.8 Å². The molecule has 1 fully saturated rings. The third kappa shape index (κ3) is 3.45. The van der Waals surface area contributed by atoms with E-state index in [0.29, 0.717) is 23.1 Å².